The molecule has 0 amide bonds. The summed E-state index contributed by atoms with van der Waals surface area (Å²) in [6.45, 7) is 0.995. The zero-order valence-corrected chi connectivity index (χ0v) is 9.51. The van der Waals surface area contributed by atoms with Gasteiger partial charge in [0.1, 0.15) is 18.9 Å². The minimum absolute atomic E-state index is 0.0285. The van der Waals surface area contributed by atoms with Crippen LogP contribution in [0, 0.1) is 0 Å². The van der Waals surface area contributed by atoms with Crippen molar-refractivity contribution in [1.29, 1.82) is 0 Å². The fourth-order valence-electron chi connectivity index (χ4n) is 0.891. The van der Waals surface area contributed by atoms with E-state index in [2.05, 4.69) is 0 Å². The Morgan fingerprint density at radius 3 is 1.75 bits per heavy atom. The van der Waals surface area contributed by atoms with Crippen molar-refractivity contribution in [3.63, 3.8) is 0 Å². The van der Waals surface area contributed by atoms with Crippen molar-refractivity contribution in [3.05, 3.63) is 0 Å². The Kier molecular flexibility index (Phi) is 9.75. The van der Waals surface area contributed by atoms with Gasteiger partial charge in [-0.15, -0.1) is 0 Å². The maximum Gasteiger partial charge on any atom is 0.118 e. The molecule has 0 heterocycles. The monoisotopic (exact) mass is 240 g/mol. The van der Waals surface area contributed by atoms with Crippen molar-refractivity contribution >= 4 is 0 Å². The maximum absolute atomic E-state index is 11.8. The average molecular weight is 240 g/mol. The highest BCUT2D eigenvalue weighted by atomic mass is 19.1. The van der Waals surface area contributed by atoms with Gasteiger partial charge in [0.15, 0.2) is 0 Å². The van der Waals surface area contributed by atoms with Gasteiger partial charge in [-0.05, 0) is 6.42 Å². The maximum atomic E-state index is 11.8. The highest BCUT2D eigenvalue weighted by Gasteiger charge is 2.08. The van der Waals surface area contributed by atoms with Crippen molar-refractivity contribution in [2.45, 2.75) is 31.7 Å². The van der Waals surface area contributed by atoms with Crippen LogP contribution in [-0.4, -0.2) is 66.7 Å². The molecule has 98 valence electrons. The van der Waals surface area contributed by atoms with E-state index in [0.717, 1.165) is 0 Å². The number of halogens is 1. The Morgan fingerprint density at radius 1 is 0.875 bits per heavy atom. The molecule has 0 rings (SSSR count). The zero-order chi connectivity index (χ0) is 12.4. The Morgan fingerprint density at radius 2 is 1.31 bits per heavy atom. The molecule has 16 heavy (non-hydrogen) atoms. The molecule has 0 saturated heterocycles. The summed E-state index contributed by atoms with van der Waals surface area (Å²) in [5.41, 5.74) is 0. The molecule has 0 aliphatic carbocycles. The Hall–Kier alpha value is -0.270. The highest BCUT2D eigenvalue weighted by Crippen LogP contribution is 1.94. The average Bonchev–Trinajstić information content (AvgIpc) is 2.28. The predicted octanol–water partition coefficient (Wildman–Crippen LogP) is -0.518. The van der Waals surface area contributed by atoms with Crippen molar-refractivity contribution in [1.82, 2.24) is 0 Å². The van der Waals surface area contributed by atoms with Crippen molar-refractivity contribution in [2.75, 3.05) is 33.1 Å². The first-order valence-corrected chi connectivity index (χ1v) is 5.35. The normalized spacial score (nSPS) is 17.1. The minimum Gasteiger partial charge on any atom is -0.391 e. The number of hydrogen-bond acceptors (Lipinski definition) is 5. The Balaban J connectivity index is 3.34. The first-order chi connectivity index (χ1) is 7.60. The highest BCUT2D eigenvalue weighted by molar-refractivity contribution is 4.56. The largest absolute Gasteiger partial charge is 0.391 e. The molecule has 0 spiro atoms. The molecule has 0 aromatic rings. The van der Waals surface area contributed by atoms with Gasteiger partial charge in [0, 0.05) is 0 Å². The van der Waals surface area contributed by atoms with E-state index in [1.807, 2.05) is 6.92 Å². The molecule has 3 N–H and O–H groups in total. The quantitative estimate of drug-likeness (QED) is 0.479. The summed E-state index contributed by atoms with van der Waals surface area (Å²) in [5, 5.41) is 27.3. The molecular formula is C10H21FO5. The second-order valence-corrected chi connectivity index (χ2v) is 3.60. The van der Waals surface area contributed by atoms with Crippen LogP contribution in [0.3, 0.4) is 0 Å². The van der Waals surface area contributed by atoms with Crippen LogP contribution in [-0.2, 0) is 9.47 Å². The number of ether oxygens (including phenoxy) is 2. The molecule has 0 saturated carbocycles. The van der Waals surface area contributed by atoms with Crippen LogP contribution >= 0.6 is 0 Å². The second kappa shape index (κ2) is 9.92. The van der Waals surface area contributed by atoms with Gasteiger partial charge in [-0.1, -0.05) is 6.92 Å². The summed E-state index contributed by atoms with van der Waals surface area (Å²) < 4.78 is 21.7. The van der Waals surface area contributed by atoms with Gasteiger partial charge in [0.25, 0.3) is 0 Å². The van der Waals surface area contributed by atoms with E-state index >= 15 is 0 Å². The third-order valence-corrected chi connectivity index (χ3v) is 1.89. The fraction of sp³-hybridized carbons (Fsp3) is 1.00. The summed E-state index contributed by atoms with van der Waals surface area (Å²) >= 11 is 0. The van der Waals surface area contributed by atoms with Gasteiger partial charge >= 0.3 is 0 Å². The number of hydrogen-bond donors (Lipinski definition) is 3. The number of rotatable bonds is 10. The molecule has 0 aromatic carbocycles. The number of aliphatic hydroxyl groups excluding tert-OH is 3. The fourth-order valence-corrected chi connectivity index (χ4v) is 0.891. The van der Waals surface area contributed by atoms with Gasteiger partial charge in [0.2, 0.25) is 0 Å². The summed E-state index contributed by atoms with van der Waals surface area (Å²) in [5.74, 6) is 0. The molecule has 0 bridgehead atoms. The van der Waals surface area contributed by atoms with E-state index in [1.54, 1.807) is 0 Å². The summed E-state index contributed by atoms with van der Waals surface area (Å²) in [6.07, 6.45) is -1.91. The van der Waals surface area contributed by atoms with Crippen LogP contribution in [0.4, 0.5) is 4.39 Å². The van der Waals surface area contributed by atoms with E-state index in [4.69, 9.17) is 19.7 Å². The Labute approximate surface area is 94.8 Å². The molecule has 3 unspecified atom stereocenters. The lowest BCUT2D eigenvalue weighted by atomic mass is 10.3. The summed E-state index contributed by atoms with van der Waals surface area (Å²) in [7, 11) is 0. The van der Waals surface area contributed by atoms with E-state index in [9.17, 15) is 9.50 Å². The molecule has 5 nitrogen and oxygen atoms in total. The van der Waals surface area contributed by atoms with Crippen molar-refractivity contribution in [3.8, 4) is 0 Å². The van der Waals surface area contributed by atoms with Crippen molar-refractivity contribution in [2.24, 2.45) is 0 Å². The molecular weight excluding hydrogens is 219 g/mol. The smallest absolute Gasteiger partial charge is 0.118 e. The van der Waals surface area contributed by atoms with Gasteiger partial charge in [0.05, 0.1) is 32.5 Å². The van der Waals surface area contributed by atoms with Gasteiger partial charge in [-0.3, -0.25) is 0 Å². The van der Waals surface area contributed by atoms with Gasteiger partial charge in [-0.2, -0.15) is 0 Å². The summed E-state index contributed by atoms with van der Waals surface area (Å²) in [4.78, 5) is 0. The standard InChI is InChI=1S/C10H21FO5/c1-2-8(12)4-15-6-10(14)7-16-5-9(13)3-11/h8-10,12-14H,2-7H2,1H3. The van der Waals surface area contributed by atoms with Crippen LogP contribution < -0.4 is 0 Å². The molecule has 0 aromatic heterocycles. The lowest BCUT2D eigenvalue weighted by Gasteiger charge is -2.14. The predicted molar refractivity (Wildman–Crippen MR) is 55.9 cm³/mol. The first kappa shape index (κ1) is 15.7. The molecule has 0 fully saturated rings. The van der Waals surface area contributed by atoms with Crippen molar-refractivity contribution < 1.29 is 29.2 Å². The second-order valence-electron chi connectivity index (χ2n) is 3.60. The van der Waals surface area contributed by atoms with Crippen LogP contribution in [0.15, 0.2) is 0 Å². The third-order valence-electron chi connectivity index (χ3n) is 1.89. The minimum atomic E-state index is -1.14. The van der Waals surface area contributed by atoms with Crippen LogP contribution in [0.2, 0.25) is 0 Å². The van der Waals surface area contributed by atoms with Gasteiger partial charge < -0.3 is 24.8 Å². The molecule has 0 aliphatic heterocycles. The van der Waals surface area contributed by atoms with E-state index < -0.39 is 25.0 Å². The third kappa shape index (κ3) is 8.99. The molecule has 6 heteroatoms. The van der Waals surface area contributed by atoms with E-state index in [-0.39, 0.29) is 26.4 Å². The number of aliphatic hydroxyl groups is 3. The van der Waals surface area contributed by atoms with Crippen LogP contribution in [0.25, 0.3) is 0 Å². The lowest BCUT2D eigenvalue weighted by molar-refractivity contribution is -0.0546. The van der Waals surface area contributed by atoms with E-state index in [0.29, 0.717) is 6.42 Å². The van der Waals surface area contributed by atoms with Crippen LogP contribution in [0.1, 0.15) is 13.3 Å². The SMILES string of the molecule is CCC(O)COCC(O)COCC(O)CF. The zero-order valence-electron chi connectivity index (χ0n) is 9.51. The molecule has 0 radical (unpaired) electrons. The first-order valence-electron chi connectivity index (χ1n) is 5.35. The van der Waals surface area contributed by atoms with Gasteiger partial charge in [-0.25, -0.2) is 4.39 Å². The molecule has 3 atom stereocenters. The van der Waals surface area contributed by atoms with E-state index in [1.165, 1.54) is 0 Å². The van der Waals surface area contributed by atoms with Crippen LogP contribution in [0.5, 0.6) is 0 Å². The molecule has 0 aliphatic rings. The number of alkyl halides is 1. The summed E-state index contributed by atoms with van der Waals surface area (Å²) in [6, 6.07) is 0. The Bertz CT molecular complexity index is 142. The topological polar surface area (TPSA) is 79.2 Å². The lowest BCUT2D eigenvalue weighted by Crippen LogP contribution is -2.27.